The fourth-order valence-corrected chi connectivity index (χ4v) is 8.83. The van der Waals surface area contributed by atoms with Crippen LogP contribution in [-0.2, 0) is 7.05 Å². The van der Waals surface area contributed by atoms with Gasteiger partial charge in [-0.15, -0.1) is 0 Å². The standard InChI is InChI=1S/C28H25N2SSi/c1-18-22-11-8-13-29-23(22)17-25-26(18)28-27-19(12-14-30(28)2)15-21(16-24(27)31-25)32(3,4)20-9-6-5-7-10-20/h5-17H,1-4H3/q+1. The number of pyridine rings is 2. The van der Waals surface area contributed by atoms with Crippen molar-refractivity contribution in [3.63, 3.8) is 0 Å². The van der Waals surface area contributed by atoms with Gasteiger partial charge in [-0.3, -0.25) is 4.98 Å². The van der Waals surface area contributed by atoms with E-state index in [1.54, 1.807) is 0 Å². The molecule has 6 rings (SSSR count). The molecule has 0 amide bonds. The summed E-state index contributed by atoms with van der Waals surface area (Å²) in [4.78, 5) is 7.33. The summed E-state index contributed by atoms with van der Waals surface area (Å²) in [7, 11) is 0.362. The van der Waals surface area contributed by atoms with Gasteiger partial charge in [0.2, 0.25) is 5.69 Å². The first-order valence-electron chi connectivity index (χ1n) is 11.0. The third-order valence-electron chi connectivity index (χ3n) is 7.01. The topological polar surface area (TPSA) is 16.8 Å². The largest absolute Gasteiger partial charge is 0.256 e. The quantitative estimate of drug-likeness (QED) is 0.257. The van der Waals surface area contributed by atoms with Crippen molar-refractivity contribution in [2.75, 3.05) is 0 Å². The van der Waals surface area contributed by atoms with Gasteiger partial charge in [0, 0.05) is 27.4 Å². The number of aryl methyl sites for hydroxylation is 2. The molecule has 1 aliphatic heterocycles. The minimum absolute atomic E-state index is 1.07. The summed E-state index contributed by atoms with van der Waals surface area (Å²) >= 11 is 1.91. The van der Waals surface area contributed by atoms with Crippen LogP contribution in [0.5, 0.6) is 0 Å². The van der Waals surface area contributed by atoms with Crippen LogP contribution in [0.25, 0.3) is 32.9 Å². The maximum Gasteiger partial charge on any atom is 0.222 e. The molecule has 0 unspecified atom stereocenters. The van der Waals surface area contributed by atoms with E-state index in [9.17, 15) is 0 Å². The van der Waals surface area contributed by atoms with Gasteiger partial charge in [-0.25, -0.2) is 4.57 Å². The molecule has 0 saturated heterocycles. The molecule has 0 radical (unpaired) electrons. The minimum atomic E-state index is -1.81. The number of hydrogen-bond acceptors (Lipinski definition) is 2. The normalized spacial score (nSPS) is 12.9. The molecular weight excluding hydrogens is 424 g/mol. The molecule has 0 aliphatic carbocycles. The van der Waals surface area contributed by atoms with Crippen LogP contribution in [-0.4, -0.2) is 13.1 Å². The van der Waals surface area contributed by atoms with E-state index in [1.165, 1.54) is 53.1 Å². The molecule has 0 N–H and O–H groups in total. The van der Waals surface area contributed by atoms with E-state index in [0.717, 1.165) is 5.52 Å². The lowest BCUT2D eigenvalue weighted by Crippen LogP contribution is -2.52. The zero-order chi connectivity index (χ0) is 22.0. The van der Waals surface area contributed by atoms with Crippen LogP contribution in [0.3, 0.4) is 0 Å². The van der Waals surface area contributed by atoms with Crippen LogP contribution >= 0.6 is 11.8 Å². The number of aromatic nitrogens is 2. The van der Waals surface area contributed by atoms with Crippen LogP contribution in [0.1, 0.15) is 5.56 Å². The SMILES string of the molecule is Cc1c2c(cc3ncccc13)Sc1cc([Si](C)(C)c3ccccc3)cc3cc[n+](C)c-2c13. The molecule has 0 atom stereocenters. The van der Waals surface area contributed by atoms with Crippen LogP contribution < -0.4 is 14.9 Å². The maximum absolute atomic E-state index is 4.66. The highest BCUT2D eigenvalue weighted by molar-refractivity contribution is 7.99. The number of rotatable bonds is 2. The van der Waals surface area contributed by atoms with Crippen LogP contribution in [0, 0.1) is 6.92 Å². The van der Waals surface area contributed by atoms with Gasteiger partial charge in [0.05, 0.1) is 16.5 Å². The average Bonchev–Trinajstić information content (AvgIpc) is 2.81. The van der Waals surface area contributed by atoms with Gasteiger partial charge in [-0.1, -0.05) is 77.7 Å². The number of fused-ring (bicyclic) bond motifs is 3. The molecule has 32 heavy (non-hydrogen) atoms. The van der Waals surface area contributed by atoms with Gasteiger partial charge in [0.25, 0.3) is 0 Å². The molecule has 0 fully saturated rings. The van der Waals surface area contributed by atoms with E-state index < -0.39 is 8.07 Å². The third kappa shape index (κ3) is 2.79. The van der Waals surface area contributed by atoms with Crippen molar-refractivity contribution in [1.29, 1.82) is 0 Å². The van der Waals surface area contributed by atoms with Crippen molar-refractivity contribution >= 4 is 51.9 Å². The minimum Gasteiger partial charge on any atom is -0.256 e. The smallest absolute Gasteiger partial charge is 0.222 e. The first-order chi connectivity index (χ1) is 15.4. The van der Waals surface area contributed by atoms with Crippen molar-refractivity contribution in [3.05, 3.63) is 84.7 Å². The summed E-state index contributed by atoms with van der Waals surface area (Å²) in [5, 5.41) is 6.91. The maximum atomic E-state index is 4.66. The van der Waals surface area contributed by atoms with Crippen LogP contribution in [0.4, 0.5) is 0 Å². The van der Waals surface area contributed by atoms with Gasteiger partial charge >= 0.3 is 0 Å². The predicted molar refractivity (Wildman–Crippen MR) is 138 cm³/mol. The first kappa shape index (κ1) is 19.7. The summed E-state index contributed by atoms with van der Waals surface area (Å²) in [6.07, 6.45) is 4.11. The number of nitrogens with zero attached hydrogens (tertiary/aromatic N) is 2. The van der Waals surface area contributed by atoms with E-state index in [1.807, 2.05) is 24.0 Å². The zero-order valence-corrected chi connectivity index (χ0v) is 20.6. The molecule has 3 aromatic carbocycles. The van der Waals surface area contributed by atoms with Crippen LogP contribution in [0.2, 0.25) is 13.1 Å². The van der Waals surface area contributed by atoms with Gasteiger partial charge in [0.1, 0.15) is 15.1 Å². The summed E-state index contributed by atoms with van der Waals surface area (Å²) in [6.45, 7) is 7.17. The summed E-state index contributed by atoms with van der Waals surface area (Å²) in [5.41, 5.74) is 5.06. The fourth-order valence-electron chi connectivity index (χ4n) is 5.09. The van der Waals surface area contributed by atoms with E-state index in [4.69, 9.17) is 0 Å². The van der Waals surface area contributed by atoms with Gasteiger partial charge in [0.15, 0.2) is 6.20 Å². The molecule has 0 bridgehead atoms. The molecular formula is C28H25N2SSi+. The van der Waals surface area contributed by atoms with E-state index in [2.05, 4.69) is 103 Å². The molecule has 0 saturated carbocycles. The Labute approximate surface area is 194 Å². The summed E-state index contributed by atoms with van der Waals surface area (Å²) in [6, 6.07) is 24.7. The van der Waals surface area contributed by atoms with Gasteiger partial charge in [-0.05, 0) is 36.1 Å². The Morgan fingerprint density at radius 2 is 1.69 bits per heavy atom. The second-order valence-corrected chi connectivity index (χ2v) is 14.7. The Morgan fingerprint density at radius 3 is 2.50 bits per heavy atom. The highest BCUT2D eigenvalue weighted by Gasteiger charge is 2.32. The first-order valence-corrected chi connectivity index (χ1v) is 14.9. The number of benzene rings is 3. The molecule has 2 aromatic heterocycles. The Morgan fingerprint density at radius 1 is 0.875 bits per heavy atom. The Kier molecular flexibility index (Phi) is 4.33. The second-order valence-electron chi connectivity index (χ2n) is 9.25. The van der Waals surface area contributed by atoms with Gasteiger partial charge < -0.3 is 0 Å². The fraction of sp³-hybridized carbons (Fsp3) is 0.143. The van der Waals surface area contributed by atoms with E-state index >= 15 is 0 Å². The van der Waals surface area contributed by atoms with E-state index in [0.29, 0.717) is 0 Å². The molecule has 3 heterocycles. The lowest BCUT2D eigenvalue weighted by Gasteiger charge is -2.27. The number of hydrogen-bond donors (Lipinski definition) is 0. The Balaban J connectivity index is 1.66. The summed E-state index contributed by atoms with van der Waals surface area (Å²) in [5.74, 6) is 0. The lowest BCUT2D eigenvalue weighted by molar-refractivity contribution is -0.659. The van der Waals surface area contributed by atoms with Crippen LogP contribution in [0.15, 0.2) is 88.9 Å². The van der Waals surface area contributed by atoms with Crippen molar-refractivity contribution in [2.24, 2.45) is 7.05 Å². The van der Waals surface area contributed by atoms with Crippen molar-refractivity contribution in [3.8, 4) is 11.3 Å². The Hall–Kier alpha value is -2.95. The van der Waals surface area contributed by atoms with Crippen molar-refractivity contribution in [1.82, 2.24) is 4.98 Å². The summed E-state index contributed by atoms with van der Waals surface area (Å²) < 4.78 is 2.29. The molecule has 1 aliphatic rings. The average molecular weight is 450 g/mol. The third-order valence-corrected chi connectivity index (χ3v) is 11.6. The van der Waals surface area contributed by atoms with Gasteiger partial charge in [-0.2, -0.15) is 0 Å². The van der Waals surface area contributed by atoms with E-state index in [-0.39, 0.29) is 0 Å². The molecule has 156 valence electrons. The highest BCUT2D eigenvalue weighted by Crippen LogP contribution is 2.48. The zero-order valence-electron chi connectivity index (χ0n) is 18.8. The lowest BCUT2D eigenvalue weighted by atomic mass is 9.96. The molecule has 4 heteroatoms. The molecule has 5 aromatic rings. The van der Waals surface area contributed by atoms with Crippen molar-refractivity contribution < 1.29 is 4.57 Å². The predicted octanol–water partition coefficient (Wildman–Crippen LogP) is 5.48. The highest BCUT2D eigenvalue weighted by atomic mass is 32.2. The monoisotopic (exact) mass is 449 g/mol. The Bertz CT molecular complexity index is 1540. The molecule has 0 spiro atoms. The van der Waals surface area contributed by atoms with Crippen molar-refractivity contribution in [2.45, 2.75) is 29.8 Å². The second kappa shape index (κ2) is 7.02. The molecule has 2 nitrogen and oxygen atoms in total.